The molecule has 0 unspecified atom stereocenters. The van der Waals surface area contributed by atoms with E-state index in [-0.39, 0.29) is 12.4 Å². The Morgan fingerprint density at radius 1 is 0.943 bits per heavy atom. The number of hydrogen-bond donors (Lipinski definition) is 2. The van der Waals surface area contributed by atoms with Gasteiger partial charge in [0.1, 0.15) is 11.3 Å². The zero-order chi connectivity index (χ0) is 23.8. The molecule has 7 heteroatoms. The number of para-hydroxylation sites is 1. The Labute approximate surface area is 202 Å². The number of aryl methyl sites for hydroxylation is 1. The monoisotopic (exact) mass is 464 g/mol. The van der Waals surface area contributed by atoms with Gasteiger partial charge in [-0.1, -0.05) is 54.1 Å². The lowest BCUT2D eigenvalue weighted by Gasteiger charge is -2.07. The van der Waals surface area contributed by atoms with Gasteiger partial charge in [0, 0.05) is 29.6 Å². The molecule has 7 nitrogen and oxygen atoms in total. The van der Waals surface area contributed by atoms with Crippen molar-refractivity contribution < 1.29 is 9.47 Å². The molecule has 1 aliphatic rings. The van der Waals surface area contributed by atoms with Crippen molar-refractivity contribution in [2.24, 2.45) is 0 Å². The first-order valence-corrected chi connectivity index (χ1v) is 11.5. The predicted molar refractivity (Wildman–Crippen MR) is 135 cm³/mol. The zero-order valence-corrected chi connectivity index (χ0v) is 19.2. The fraction of sp³-hybridized carbons (Fsp3) is 0.143. The molecule has 3 heterocycles. The molecular formula is C28H24N4O3. The Morgan fingerprint density at radius 3 is 2.57 bits per heavy atom. The first kappa shape index (κ1) is 21.2. The topological polar surface area (TPSA) is 81.2 Å². The minimum Gasteiger partial charge on any atom is -0.454 e. The quantitative estimate of drug-likeness (QED) is 0.381. The van der Waals surface area contributed by atoms with Crippen LogP contribution >= 0.6 is 0 Å². The molecule has 0 saturated heterocycles. The third-order valence-corrected chi connectivity index (χ3v) is 6.17. The van der Waals surface area contributed by atoms with Gasteiger partial charge in [-0.3, -0.25) is 4.79 Å². The molecule has 0 aliphatic carbocycles. The molecular weight excluding hydrogens is 440 g/mol. The molecule has 174 valence electrons. The van der Waals surface area contributed by atoms with Gasteiger partial charge in [0.2, 0.25) is 6.79 Å². The van der Waals surface area contributed by atoms with Gasteiger partial charge in [0.25, 0.3) is 5.56 Å². The summed E-state index contributed by atoms with van der Waals surface area (Å²) in [5, 5.41) is 9.18. The number of nitrogens with zero attached hydrogens (tertiary/aromatic N) is 2. The molecule has 0 spiro atoms. The summed E-state index contributed by atoms with van der Waals surface area (Å²) in [4.78, 5) is 16.1. The van der Waals surface area contributed by atoms with Crippen LogP contribution in [0.4, 0.5) is 0 Å². The average Bonchev–Trinajstić information content (AvgIpc) is 3.49. The van der Waals surface area contributed by atoms with E-state index in [4.69, 9.17) is 14.6 Å². The summed E-state index contributed by atoms with van der Waals surface area (Å²) in [6, 6.07) is 25.9. The van der Waals surface area contributed by atoms with Gasteiger partial charge in [-0.05, 0) is 42.8 Å². The van der Waals surface area contributed by atoms with Gasteiger partial charge in [0.15, 0.2) is 11.5 Å². The van der Waals surface area contributed by atoms with Crippen LogP contribution in [0.25, 0.3) is 28.0 Å². The summed E-state index contributed by atoms with van der Waals surface area (Å²) >= 11 is 0. The number of ether oxygens (including phenoxy) is 2. The van der Waals surface area contributed by atoms with Crippen LogP contribution in [0.15, 0.2) is 83.7 Å². The molecule has 0 radical (unpaired) electrons. The summed E-state index contributed by atoms with van der Waals surface area (Å²) < 4.78 is 12.6. The maximum Gasteiger partial charge on any atom is 0.254 e. The normalized spacial score (nSPS) is 12.4. The largest absolute Gasteiger partial charge is 0.454 e. The Hall–Kier alpha value is -4.36. The standard InChI is InChI=1S/C28H24N4O3/c1-18-7-10-20(11-8-18)26-23-14-21(16-29-15-19-9-12-24-25(13-19)35-17-34-24)28(33)30-27(23)32(31-26)22-5-3-2-4-6-22/h2-14,29H,15-17H2,1H3,(H,30,33). The molecule has 5 aromatic rings. The molecule has 6 rings (SSSR count). The Balaban J connectivity index is 1.35. The van der Waals surface area contributed by atoms with Gasteiger partial charge < -0.3 is 19.8 Å². The lowest BCUT2D eigenvalue weighted by Crippen LogP contribution is -2.21. The summed E-state index contributed by atoms with van der Waals surface area (Å²) in [6.45, 7) is 3.33. The molecule has 0 bridgehead atoms. The highest BCUT2D eigenvalue weighted by molar-refractivity contribution is 5.92. The van der Waals surface area contributed by atoms with E-state index in [0.29, 0.717) is 24.3 Å². The minimum atomic E-state index is -0.136. The fourth-order valence-electron chi connectivity index (χ4n) is 4.32. The van der Waals surface area contributed by atoms with Crippen molar-refractivity contribution in [2.75, 3.05) is 6.79 Å². The Morgan fingerprint density at radius 2 is 1.74 bits per heavy atom. The highest BCUT2D eigenvalue weighted by Crippen LogP contribution is 2.32. The first-order chi connectivity index (χ1) is 17.2. The zero-order valence-electron chi connectivity index (χ0n) is 19.2. The summed E-state index contributed by atoms with van der Waals surface area (Å²) in [5.41, 5.74) is 6.16. The number of aromatic amines is 1. The van der Waals surface area contributed by atoms with E-state index < -0.39 is 0 Å². The molecule has 0 amide bonds. The number of hydrogen-bond acceptors (Lipinski definition) is 5. The van der Waals surface area contributed by atoms with Crippen molar-refractivity contribution in [3.8, 4) is 28.4 Å². The van der Waals surface area contributed by atoms with Gasteiger partial charge in [-0.15, -0.1) is 0 Å². The van der Waals surface area contributed by atoms with Crippen molar-refractivity contribution in [3.05, 3.63) is 106 Å². The lowest BCUT2D eigenvalue weighted by molar-refractivity contribution is 0.174. The molecule has 2 aromatic heterocycles. The molecule has 3 aromatic carbocycles. The number of benzene rings is 3. The van der Waals surface area contributed by atoms with E-state index in [1.807, 2.05) is 54.6 Å². The van der Waals surface area contributed by atoms with Gasteiger partial charge in [-0.25, -0.2) is 4.68 Å². The maximum atomic E-state index is 13.0. The molecule has 1 aliphatic heterocycles. The van der Waals surface area contributed by atoms with Crippen LogP contribution in [0, 0.1) is 6.92 Å². The highest BCUT2D eigenvalue weighted by Gasteiger charge is 2.17. The van der Waals surface area contributed by atoms with Crippen LogP contribution in [-0.4, -0.2) is 21.6 Å². The summed E-state index contributed by atoms with van der Waals surface area (Å²) in [6.07, 6.45) is 0. The molecule has 0 saturated carbocycles. The highest BCUT2D eigenvalue weighted by atomic mass is 16.7. The van der Waals surface area contributed by atoms with Crippen LogP contribution in [0.3, 0.4) is 0 Å². The number of nitrogens with one attached hydrogen (secondary N) is 2. The third-order valence-electron chi connectivity index (χ3n) is 6.17. The molecule has 0 fully saturated rings. The summed E-state index contributed by atoms with van der Waals surface area (Å²) in [5.74, 6) is 1.51. The van der Waals surface area contributed by atoms with Crippen molar-refractivity contribution in [1.29, 1.82) is 0 Å². The van der Waals surface area contributed by atoms with Gasteiger partial charge >= 0.3 is 0 Å². The van der Waals surface area contributed by atoms with Crippen LogP contribution in [-0.2, 0) is 13.1 Å². The predicted octanol–water partition coefficient (Wildman–Crippen LogP) is 4.71. The molecule has 0 atom stereocenters. The number of H-pyrrole nitrogens is 1. The van der Waals surface area contributed by atoms with E-state index in [9.17, 15) is 4.79 Å². The van der Waals surface area contributed by atoms with Crippen molar-refractivity contribution in [3.63, 3.8) is 0 Å². The SMILES string of the molecule is Cc1ccc(-c2nn(-c3ccccc3)c3[nH]c(=O)c(CNCc4ccc5c(c4)OCO5)cc23)cc1. The second-order valence-electron chi connectivity index (χ2n) is 8.64. The molecule has 35 heavy (non-hydrogen) atoms. The van der Waals surface area contributed by atoms with Crippen molar-refractivity contribution in [2.45, 2.75) is 20.0 Å². The van der Waals surface area contributed by atoms with E-state index in [1.165, 1.54) is 5.56 Å². The second-order valence-corrected chi connectivity index (χ2v) is 8.64. The van der Waals surface area contributed by atoms with Crippen LogP contribution < -0.4 is 20.3 Å². The Kier molecular flexibility index (Phi) is 5.31. The number of aromatic nitrogens is 3. The lowest BCUT2D eigenvalue weighted by atomic mass is 10.1. The van der Waals surface area contributed by atoms with Crippen LogP contribution in [0.2, 0.25) is 0 Å². The average molecular weight is 465 g/mol. The second kappa shape index (κ2) is 8.77. The van der Waals surface area contributed by atoms with Gasteiger partial charge in [-0.2, -0.15) is 5.10 Å². The summed E-state index contributed by atoms with van der Waals surface area (Å²) in [7, 11) is 0. The fourth-order valence-corrected chi connectivity index (χ4v) is 4.32. The Bertz CT molecular complexity index is 1570. The first-order valence-electron chi connectivity index (χ1n) is 11.5. The number of pyridine rings is 1. The third kappa shape index (κ3) is 4.06. The van der Waals surface area contributed by atoms with Crippen LogP contribution in [0.5, 0.6) is 11.5 Å². The smallest absolute Gasteiger partial charge is 0.254 e. The van der Waals surface area contributed by atoms with Crippen molar-refractivity contribution >= 4 is 11.0 Å². The number of rotatable bonds is 6. The molecule has 2 N–H and O–H groups in total. The number of fused-ring (bicyclic) bond motifs is 2. The van der Waals surface area contributed by atoms with E-state index >= 15 is 0 Å². The van der Waals surface area contributed by atoms with E-state index in [0.717, 1.165) is 39.4 Å². The van der Waals surface area contributed by atoms with E-state index in [1.54, 1.807) is 4.68 Å². The van der Waals surface area contributed by atoms with E-state index in [2.05, 4.69) is 41.5 Å². The maximum absolute atomic E-state index is 13.0. The van der Waals surface area contributed by atoms with Crippen LogP contribution in [0.1, 0.15) is 16.7 Å². The van der Waals surface area contributed by atoms with Crippen molar-refractivity contribution in [1.82, 2.24) is 20.1 Å². The van der Waals surface area contributed by atoms with Gasteiger partial charge in [0.05, 0.1) is 5.69 Å². The minimum absolute atomic E-state index is 0.136.